The second-order valence-corrected chi connectivity index (χ2v) is 7.50. The van der Waals surface area contributed by atoms with Crippen molar-refractivity contribution in [3.05, 3.63) is 45.9 Å². The quantitative estimate of drug-likeness (QED) is 0.939. The number of benzene rings is 1. The van der Waals surface area contributed by atoms with E-state index in [1.54, 1.807) is 23.5 Å². The molecule has 19 heavy (non-hydrogen) atoms. The molecule has 4 nitrogen and oxygen atoms in total. The van der Waals surface area contributed by atoms with Crippen LogP contribution in [-0.2, 0) is 16.3 Å². The van der Waals surface area contributed by atoms with Crippen LogP contribution >= 0.6 is 11.3 Å². The Balaban J connectivity index is 2.14. The summed E-state index contributed by atoms with van der Waals surface area (Å²) in [4.78, 5) is 4.55. The van der Waals surface area contributed by atoms with Gasteiger partial charge in [-0.1, -0.05) is 12.1 Å². The average molecular weight is 297 g/mol. The maximum Gasteiger partial charge on any atom is 0.175 e. The van der Waals surface area contributed by atoms with E-state index in [0.29, 0.717) is 12.0 Å². The molecular weight excluding hydrogens is 282 g/mol. The summed E-state index contributed by atoms with van der Waals surface area (Å²) in [7, 11) is -3.19. The van der Waals surface area contributed by atoms with Crippen LogP contribution in [0.5, 0.6) is 0 Å². The van der Waals surface area contributed by atoms with Gasteiger partial charge in [0.2, 0.25) is 0 Å². The lowest BCUT2D eigenvalue weighted by molar-refractivity contribution is 0.177. The van der Waals surface area contributed by atoms with Gasteiger partial charge in [-0.2, -0.15) is 0 Å². The van der Waals surface area contributed by atoms with Gasteiger partial charge >= 0.3 is 0 Å². The zero-order valence-corrected chi connectivity index (χ0v) is 12.3. The topological polar surface area (TPSA) is 67.3 Å². The normalized spacial score (nSPS) is 13.4. The van der Waals surface area contributed by atoms with Crippen molar-refractivity contribution in [1.29, 1.82) is 0 Å². The fraction of sp³-hybridized carbons (Fsp3) is 0.308. The highest BCUT2D eigenvalue weighted by Crippen LogP contribution is 2.21. The molecule has 0 radical (unpaired) electrons. The molecule has 1 aromatic carbocycles. The minimum Gasteiger partial charge on any atom is -0.388 e. The Bertz CT molecular complexity index is 659. The Labute approximate surface area is 116 Å². The molecule has 0 bridgehead atoms. The van der Waals surface area contributed by atoms with Crippen molar-refractivity contribution in [3.63, 3.8) is 0 Å². The summed E-state index contributed by atoms with van der Waals surface area (Å²) in [5.74, 6) is 0. The third-order valence-corrected chi connectivity index (χ3v) is 4.71. The maximum absolute atomic E-state index is 11.3. The minimum atomic E-state index is -3.19. The number of aromatic nitrogens is 1. The summed E-state index contributed by atoms with van der Waals surface area (Å²) >= 11 is 1.55. The standard InChI is InChI=1S/C13H15NO3S2/c1-9-14-11(8-18-9)7-13(15)10-3-5-12(6-4-10)19(2,16)17/h3-6,8,13,15H,7H2,1-2H3. The number of aliphatic hydroxyl groups is 1. The monoisotopic (exact) mass is 297 g/mol. The van der Waals surface area contributed by atoms with Crippen LogP contribution in [0.1, 0.15) is 22.4 Å². The van der Waals surface area contributed by atoms with Crippen molar-refractivity contribution < 1.29 is 13.5 Å². The van der Waals surface area contributed by atoms with Crippen LogP contribution < -0.4 is 0 Å². The van der Waals surface area contributed by atoms with Crippen LogP contribution in [0.15, 0.2) is 34.5 Å². The Morgan fingerprint density at radius 1 is 1.32 bits per heavy atom. The fourth-order valence-corrected chi connectivity index (χ4v) is 3.01. The molecule has 0 aliphatic rings. The van der Waals surface area contributed by atoms with Crippen molar-refractivity contribution in [1.82, 2.24) is 4.98 Å². The lowest BCUT2D eigenvalue weighted by Gasteiger charge is -2.10. The molecule has 1 aromatic heterocycles. The van der Waals surface area contributed by atoms with Gasteiger partial charge in [0, 0.05) is 18.1 Å². The lowest BCUT2D eigenvalue weighted by Crippen LogP contribution is -2.03. The van der Waals surface area contributed by atoms with Crippen LogP contribution in [0.2, 0.25) is 0 Å². The predicted octanol–water partition coefficient (Wildman–Crippen LogP) is 2.13. The van der Waals surface area contributed by atoms with Crippen molar-refractivity contribution in [3.8, 4) is 0 Å². The first-order valence-electron chi connectivity index (χ1n) is 5.75. The van der Waals surface area contributed by atoms with E-state index in [1.807, 2.05) is 12.3 Å². The van der Waals surface area contributed by atoms with Crippen LogP contribution in [0.25, 0.3) is 0 Å². The van der Waals surface area contributed by atoms with Crippen molar-refractivity contribution in [2.45, 2.75) is 24.3 Å². The van der Waals surface area contributed by atoms with Crippen LogP contribution in [0.4, 0.5) is 0 Å². The molecule has 1 N–H and O–H groups in total. The average Bonchev–Trinajstić information content (AvgIpc) is 2.74. The number of sulfone groups is 1. The molecule has 0 saturated heterocycles. The van der Waals surface area contributed by atoms with Crippen LogP contribution in [0.3, 0.4) is 0 Å². The summed E-state index contributed by atoms with van der Waals surface area (Å²) in [6.45, 7) is 1.92. The van der Waals surface area contributed by atoms with E-state index in [-0.39, 0.29) is 4.90 Å². The van der Waals surface area contributed by atoms with Gasteiger partial charge in [-0.05, 0) is 24.6 Å². The van der Waals surface area contributed by atoms with Gasteiger partial charge in [0.05, 0.1) is 21.7 Å². The molecular formula is C13H15NO3S2. The first-order chi connectivity index (χ1) is 8.86. The maximum atomic E-state index is 11.3. The highest BCUT2D eigenvalue weighted by molar-refractivity contribution is 7.90. The molecule has 102 valence electrons. The van der Waals surface area contributed by atoms with E-state index in [0.717, 1.165) is 17.0 Å². The number of aliphatic hydroxyl groups excluding tert-OH is 1. The third-order valence-electron chi connectivity index (χ3n) is 2.76. The van der Waals surface area contributed by atoms with E-state index >= 15 is 0 Å². The smallest absolute Gasteiger partial charge is 0.175 e. The summed E-state index contributed by atoms with van der Waals surface area (Å²) < 4.78 is 22.7. The molecule has 0 spiro atoms. The van der Waals surface area contributed by atoms with Gasteiger partial charge in [0.15, 0.2) is 9.84 Å². The summed E-state index contributed by atoms with van der Waals surface area (Å²) in [5.41, 5.74) is 1.54. The summed E-state index contributed by atoms with van der Waals surface area (Å²) in [6, 6.07) is 6.31. The van der Waals surface area contributed by atoms with E-state index in [9.17, 15) is 13.5 Å². The Kier molecular flexibility index (Phi) is 4.03. The molecule has 0 aliphatic carbocycles. The van der Waals surface area contributed by atoms with E-state index in [1.165, 1.54) is 12.1 Å². The lowest BCUT2D eigenvalue weighted by atomic mass is 10.1. The molecule has 0 saturated carbocycles. The molecule has 6 heteroatoms. The second-order valence-electron chi connectivity index (χ2n) is 4.42. The van der Waals surface area contributed by atoms with Crippen molar-refractivity contribution in [2.24, 2.45) is 0 Å². The number of hydrogen-bond donors (Lipinski definition) is 1. The predicted molar refractivity (Wildman–Crippen MR) is 75.1 cm³/mol. The molecule has 0 amide bonds. The summed E-state index contributed by atoms with van der Waals surface area (Å²) in [5, 5.41) is 13.0. The molecule has 0 aliphatic heterocycles. The van der Waals surface area contributed by atoms with Gasteiger partial charge in [-0.15, -0.1) is 11.3 Å². The van der Waals surface area contributed by atoms with E-state index in [4.69, 9.17) is 0 Å². The Hall–Kier alpha value is -1.24. The minimum absolute atomic E-state index is 0.257. The van der Waals surface area contributed by atoms with Crippen LogP contribution in [-0.4, -0.2) is 24.8 Å². The molecule has 1 heterocycles. The third kappa shape index (κ3) is 3.62. The van der Waals surface area contributed by atoms with Crippen molar-refractivity contribution >= 4 is 21.2 Å². The van der Waals surface area contributed by atoms with Gasteiger partial charge < -0.3 is 5.11 Å². The van der Waals surface area contributed by atoms with E-state index in [2.05, 4.69) is 4.98 Å². The summed E-state index contributed by atoms with van der Waals surface area (Å²) in [6.07, 6.45) is 0.925. The molecule has 0 fully saturated rings. The van der Waals surface area contributed by atoms with Gasteiger partial charge in [-0.25, -0.2) is 13.4 Å². The first kappa shape index (κ1) is 14.2. The first-order valence-corrected chi connectivity index (χ1v) is 8.52. The van der Waals surface area contributed by atoms with Crippen LogP contribution in [0, 0.1) is 6.92 Å². The molecule has 2 aromatic rings. The van der Waals surface area contributed by atoms with Gasteiger partial charge in [0.1, 0.15) is 0 Å². The SMILES string of the molecule is Cc1nc(CC(O)c2ccc(S(C)(=O)=O)cc2)cs1. The number of hydrogen-bond acceptors (Lipinski definition) is 5. The number of nitrogens with zero attached hydrogens (tertiary/aromatic N) is 1. The molecule has 2 rings (SSSR count). The zero-order valence-electron chi connectivity index (χ0n) is 10.7. The molecule has 1 unspecified atom stereocenters. The Morgan fingerprint density at radius 2 is 1.95 bits per heavy atom. The fourth-order valence-electron chi connectivity index (χ4n) is 1.76. The van der Waals surface area contributed by atoms with E-state index < -0.39 is 15.9 Å². The highest BCUT2D eigenvalue weighted by atomic mass is 32.2. The number of rotatable bonds is 4. The highest BCUT2D eigenvalue weighted by Gasteiger charge is 2.12. The number of thiazole rings is 1. The zero-order chi connectivity index (χ0) is 14.0. The number of aryl methyl sites for hydroxylation is 1. The largest absolute Gasteiger partial charge is 0.388 e. The second kappa shape index (κ2) is 5.40. The van der Waals surface area contributed by atoms with Crippen molar-refractivity contribution in [2.75, 3.05) is 6.26 Å². The van der Waals surface area contributed by atoms with Gasteiger partial charge in [-0.3, -0.25) is 0 Å². The molecule has 1 atom stereocenters. The Morgan fingerprint density at radius 3 is 2.42 bits per heavy atom. The van der Waals surface area contributed by atoms with Gasteiger partial charge in [0.25, 0.3) is 0 Å².